The summed E-state index contributed by atoms with van der Waals surface area (Å²) in [5, 5.41) is 4.61. The summed E-state index contributed by atoms with van der Waals surface area (Å²) < 4.78 is 15.7. The lowest BCUT2D eigenvalue weighted by Gasteiger charge is -2.14. The Labute approximate surface area is 151 Å². The monoisotopic (exact) mass is 367 g/mol. The second kappa shape index (κ2) is 6.12. The third-order valence-electron chi connectivity index (χ3n) is 3.94. The lowest BCUT2D eigenvalue weighted by molar-refractivity contribution is 0.628. The summed E-state index contributed by atoms with van der Waals surface area (Å²) in [5.41, 5.74) is 7.87. The normalized spacial score (nSPS) is 12.0. The van der Waals surface area contributed by atoms with Crippen molar-refractivity contribution in [3.8, 4) is 21.8 Å². The van der Waals surface area contributed by atoms with Gasteiger partial charge in [-0.15, -0.1) is 11.3 Å². The molecule has 4 rings (SSSR count). The van der Waals surface area contributed by atoms with Crippen LogP contribution in [0.3, 0.4) is 0 Å². The molecule has 3 heterocycles. The Hall–Kier alpha value is -3.46. The zero-order valence-electron chi connectivity index (χ0n) is 13.4. The molecule has 0 saturated carbocycles. The van der Waals surface area contributed by atoms with Crippen LogP contribution in [0.5, 0.6) is 0 Å². The van der Waals surface area contributed by atoms with Gasteiger partial charge in [-0.2, -0.15) is 5.10 Å². The Morgan fingerprint density at radius 1 is 1.15 bits per heavy atom. The minimum atomic E-state index is -0.342. The lowest BCUT2D eigenvalue weighted by Crippen LogP contribution is -2.34. The predicted molar refractivity (Wildman–Crippen MR) is 101 cm³/mol. The first-order valence-electron chi connectivity index (χ1n) is 7.60. The molecule has 0 aliphatic rings. The molecule has 0 spiro atoms. The predicted octanol–water partition coefficient (Wildman–Crippen LogP) is 2.04. The summed E-state index contributed by atoms with van der Waals surface area (Å²) in [7, 11) is 0. The molecule has 0 aliphatic heterocycles. The van der Waals surface area contributed by atoms with Crippen LogP contribution < -0.4 is 22.9 Å². The van der Waals surface area contributed by atoms with Gasteiger partial charge < -0.3 is 17.4 Å². The number of halogens is 1. The van der Waals surface area contributed by atoms with Gasteiger partial charge in [-0.1, -0.05) is 0 Å². The number of nitrogen functional groups attached to an aromatic ring is 2. The molecule has 4 aromatic rings. The Kier molecular flexibility index (Phi) is 3.77. The fourth-order valence-electron chi connectivity index (χ4n) is 2.74. The van der Waals surface area contributed by atoms with Gasteiger partial charge in [0, 0.05) is 28.0 Å². The fourth-order valence-corrected chi connectivity index (χ4v) is 3.81. The molecule has 7 nitrogen and oxygen atoms in total. The molecule has 1 aromatic carbocycles. The molecule has 0 atom stereocenters. The minimum absolute atomic E-state index is 0.0841. The number of fused-ring (bicyclic) bond motifs is 1. The quantitative estimate of drug-likeness (QED) is 0.370. The molecular formula is C17H14FN7S. The Balaban J connectivity index is 2.07. The van der Waals surface area contributed by atoms with Crippen LogP contribution in [0.2, 0.25) is 0 Å². The highest BCUT2D eigenvalue weighted by molar-refractivity contribution is 7.22. The van der Waals surface area contributed by atoms with E-state index in [0.29, 0.717) is 17.0 Å². The molecule has 0 radical (unpaired) electrons. The molecule has 0 fully saturated rings. The zero-order valence-corrected chi connectivity index (χ0v) is 14.2. The number of nitrogens with zero attached hydrogens (tertiary/aromatic N) is 4. The minimum Gasteiger partial charge on any atom is -0.380 e. The summed E-state index contributed by atoms with van der Waals surface area (Å²) in [5.74, 6) is 11.4. The largest absolute Gasteiger partial charge is 0.380 e. The molecule has 26 heavy (non-hydrogen) atoms. The molecule has 9 heteroatoms. The van der Waals surface area contributed by atoms with Crippen molar-refractivity contribution in [3.05, 3.63) is 60.1 Å². The summed E-state index contributed by atoms with van der Waals surface area (Å²) in [6.07, 6.45) is 3.49. The highest BCUT2D eigenvalue weighted by Crippen LogP contribution is 2.37. The summed E-state index contributed by atoms with van der Waals surface area (Å²) in [6.45, 7) is 0. The molecule has 6 N–H and O–H groups in total. The Morgan fingerprint density at radius 2 is 1.92 bits per heavy atom. The van der Waals surface area contributed by atoms with Crippen LogP contribution in [0.15, 0.2) is 53.9 Å². The van der Waals surface area contributed by atoms with Gasteiger partial charge >= 0.3 is 0 Å². The fraction of sp³-hybridized carbons (Fsp3) is 0. The SMILES string of the molecule is N/N=c1/c(N)nc(-c2ccc(F)cc2)c(-c2cc3cnccc3s2)n1N. The molecule has 0 amide bonds. The molecule has 0 aliphatic carbocycles. The van der Waals surface area contributed by atoms with Crippen LogP contribution in [-0.2, 0) is 0 Å². The summed E-state index contributed by atoms with van der Waals surface area (Å²) in [4.78, 5) is 9.40. The maximum Gasteiger partial charge on any atom is 0.213 e. The van der Waals surface area contributed by atoms with Crippen molar-refractivity contribution in [2.45, 2.75) is 0 Å². The number of rotatable bonds is 2. The van der Waals surface area contributed by atoms with Crippen LogP contribution in [0.4, 0.5) is 10.2 Å². The van der Waals surface area contributed by atoms with E-state index in [9.17, 15) is 4.39 Å². The maximum atomic E-state index is 13.3. The Bertz CT molecular complexity index is 1150. The van der Waals surface area contributed by atoms with Gasteiger partial charge in [0.2, 0.25) is 5.49 Å². The van der Waals surface area contributed by atoms with E-state index in [1.807, 2.05) is 12.1 Å². The van der Waals surface area contributed by atoms with E-state index in [4.69, 9.17) is 17.4 Å². The van der Waals surface area contributed by atoms with Gasteiger partial charge in [0.05, 0.1) is 10.6 Å². The third kappa shape index (κ3) is 2.54. The molecule has 0 saturated heterocycles. The van der Waals surface area contributed by atoms with Crippen LogP contribution >= 0.6 is 11.3 Å². The van der Waals surface area contributed by atoms with Gasteiger partial charge in [-0.05, 0) is 36.4 Å². The van der Waals surface area contributed by atoms with Crippen LogP contribution in [0.1, 0.15) is 0 Å². The second-order valence-corrected chi connectivity index (χ2v) is 6.63. The third-order valence-corrected chi connectivity index (χ3v) is 5.07. The topological polar surface area (TPSA) is 121 Å². The number of pyridine rings is 1. The van der Waals surface area contributed by atoms with E-state index in [2.05, 4.69) is 15.1 Å². The first-order chi connectivity index (χ1) is 12.6. The summed E-state index contributed by atoms with van der Waals surface area (Å²) >= 11 is 1.52. The van der Waals surface area contributed by atoms with Crippen molar-refractivity contribution in [2.24, 2.45) is 10.9 Å². The Morgan fingerprint density at radius 3 is 2.62 bits per heavy atom. The number of anilines is 1. The van der Waals surface area contributed by atoms with Crippen molar-refractivity contribution in [2.75, 3.05) is 11.6 Å². The van der Waals surface area contributed by atoms with E-state index < -0.39 is 0 Å². The highest BCUT2D eigenvalue weighted by Gasteiger charge is 2.18. The van der Waals surface area contributed by atoms with Crippen molar-refractivity contribution in [1.82, 2.24) is 14.6 Å². The van der Waals surface area contributed by atoms with Gasteiger partial charge in [0.25, 0.3) is 0 Å². The van der Waals surface area contributed by atoms with E-state index in [0.717, 1.165) is 15.0 Å². The number of aromatic nitrogens is 3. The number of nitrogens with two attached hydrogens (primary N) is 3. The highest BCUT2D eigenvalue weighted by atomic mass is 32.1. The average Bonchev–Trinajstić information content (AvgIpc) is 3.05. The van der Waals surface area contributed by atoms with Gasteiger partial charge in [0.1, 0.15) is 11.5 Å². The standard InChI is InChI=1S/C17H14FN7S/c18-11-3-1-9(2-4-11)14-15(25(21)17(24-20)16(19)23-14)13-7-10-8-22-6-5-12(10)26-13/h1-8H,20-21H2,(H2,19,23)/b24-17-. The van der Waals surface area contributed by atoms with E-state index in [1.54, 1.807) is 24.5 Å². The maximum absolute atomic E-state index is 13.3. The van der Waals surface area contributed by atoms with Gasteiger partial charge in [-0.25, -0.2) is 14.1 Å². The lowest BCUT2D eigenvalue weighted by atomic mass is 10.1. The molecular weight excluding hydrogens is 353 g/mol. The van der Waals surface area contributed by atoms with Gasteiger partial charge in [0.15, 0.2) is 5.82 Å². The van der Waals surface area contributed by atoms with E-state index in [1.165, 1.54) is 28.1 Å². The number of benzene rings is 1. The zero-order chi connectivity index (χ0) is 18.3. The van der Waals surface area contributed by atoms with Crippen LogP contribution in [-0.4, -0.2) is 14.6 Å². The second-order valence-electron chi connectivity index (χ2n) is 5.55. The van der Waals surface area contributed by atoms with Gasteiger partial charge in [-0.3, -0.25) is 4.98 Å². The first kappa shape index (κ1) is 16.0. The van der Waals surface area contributed by atoms with E-state index in [-0.39, 0.29) is 17.1 Å². The van der Waals surface area contributed by atoms with E-state index >= 15 is 0 Å². The van der Waals surface area contributed by atoms with Crippen molar-refractivity contribution in [1.29, 1.82) is 0 Å². The van der Waals surface area contributed by atoms with Crippen molar-refractivity contribution in [3.63, 3.8) is 0 Å². The number of hydrogen-bond acceptors (Lipinski definition) is 7. The van der Waals surface area contributed by atoms with Crippen molar-refractivity contribution >= 4 is 27.2 Å². The molecule has 3 aromatic heterocycles. The first-order valence-corrected chi connectivity index (χ1v) is 8.41. The van der Waals surface area contributed by atoms with Crippen LogP contribution in [0, 0.1) is 5.82 Å². The average molecular weight is 367 g/mol. The summed E-state index contributed by atoms with van der Waals surface area (Å²) in [6, 6.07) is 9.82. The smallest absolute Gasteiger partial charge is 0.213 e. The molecule has 130 valence electrons. The molecule has 0 unspecified atom stereocenters. The van der Waals surface area contributed by atoms with Crippen molar-refractivity contribution < 1.29 is 4.39 Å². The molecule has 0 bridgehead atoms. The number of thiophene rings is 1. The number of hydrogen-bond donors (Lipinski definition) is 3. The van der Waals surface area contributed by atoms with Crippen LogP contribution in [0.25, 0.3) is 31.9 Å².